The van der Waals surface area contributed by atoms with Crippen molar-refractivity contribution in [3.8, 4) is 5.69 Å². The third-order valence-corrected chi connectivity index (χ3v) is 6.57. The van der Waals surface area contributed by atoms with E-state index in [1.165, 1.54) is 17.7 Å². The van der Waals surface area contributed by atoms with E-state index in [2.05, 4.69) is 75.3 Å². The molecule has 2 heterocycles. The van der Waals surface area contributed by atoms with Crippen LogP contribution >= 0.6 is 11.8 Å². The molecule has 0 saturated heterocycles. The van der Waals surface area contributed by atoms with E-state index < -0.39 is 0 Å². The lowest BCUT2D eigenvalue weighted by atomic mass is 10.0. The van der Waals surface area contributed by atoms with Gasteiger partial charge in [-0.25, -0.2) is 0 Å². The predicted molar refractivity (Wildman–Crippen MR) is 123 cm³/mol. The molecule has 5 rings (SSSR count). The molecular weight excluding hydrogens is 390 g/mol. The molecular formula is C24H27N5S. The van der Waals surface area contributed by atoms with Gasteiger partial charge in [-0.05, 0) is 50.3 Å². The van der Waals surface area contributed by atoms with Crippen LogP contribution in [0.4, 0.5) is 0 Å². The van der Waals surface area contributed by atoms with Gasteiger partial charge in [0, 0.05) is 22.1 Å². The van der Waals surface area contributed by atoms with Crippen molar-refractivity contribution in [2.75, 3.05) is 12.8 Å². The number of thioether (sulfide) groups is 1. The molecule has 1 aromatic heterocycles. The van der Waals surface area contributed by atoms with Gasteiger partial charge in [0.05, 0.1) is 17.9 Å². The van der Waals surface area contributed by atoms with Crippen LogP contribution in [0.25, 0.3) is 5.69 Å². The third kappa shape index (κ3) is 3.70. The lowest BCUT2D eigenvalue weighted by molar-refractivity contribution is 0.247. The summed E-state index contributed by atoms with van der Waals surface area (Å²) in [5.74, 6) is 1.94. The minimum atomic E-state index is 0.539. The van der Waals surface area contributed by atoms with Crippen LogP contribution in [0.2, 0.25) is 0 Å². The van der Waals surface area contributed by atoms with Crippen molar-refractivity contribution in [2.24, 2.45) is 4.99 Å². The molecule has 1 saturated carbocycles. The van der Waals surface area contributed by atoms with E-state index in [4.69, 9.17) is 4.99 Å². The van der Waals surface area contributed by atoms with Crippen LogP contribution in [0.15, 0.2) is 58.4 Å². The largest absolute Gasteiger partial charge is 0.293 e. The molecule has 0 amide bonds. The highest BCUT2D eigenvalue weighted by atomic mass is 32.2. The fourth-order valence-electron chi connectivity index (χ4n) is 4.24. The van der Waals surface area contributed by atoms with Crippen molar-refractivity contribution in [1.29, 1.82) is 0 Å². The fraction of sp³-hybridized carbons (Fsp3) is 0.375. The van der Waals surface area contributed by atoms with Gasteiger partial charge in [0.15, 0.2) is 11.6 Å². The Kier molecular flexibility index (Phi) is 5.44. The Hall–Kier alpha value is -2.44. The molecule has 1 fully saturated rings. The van der Waals surface area contributed by atoms with Gasteiger partial charge in [0.25, 0.3) is 0 Å². The summed E-state index contributed by atoms with van der Waals surface area (Å²) in [7, 11) is 0. The maximum Gasteiger partial charge on any atom is 0.159 e. The van der Waals surface area contributed by atoms with Crippen molar-refractivity contribution in [2.45, 2.75) is 50.2 Å². The second-order valence-electron chi connectivity index (χ2n) is 7.98. The molecule has 1 aliphatic carbocycles. The first-order valence-electron chi connectivity index (χ1n) is 10.7. The zero-order chi connectivity index (χ0) is 20.5. The van der Waals surface area contributed by atoms with Crippen molar-refractivity contribution < 1.29 is 0 Å². The second-order valence-corrected chi connectivity index (χ2v) is 8.86. The lowest BCUT2D eigenvalue weighted by Gasteiger charge is -2.22. The highest BCUT2D eigenvalue weighted by molar-refractivity contribution is 7.98. The van der Waals surface area contributed by atoms with Gasteiger partial charge < -0.3 is 0 Å². The van der Waals surface area contributed by atoms with E-state index >= 15 is 0 Å². The first-order chi connectivity index (χ1) is 14.8. The van der Waals surface area contributed by atoms with E-state index in [9.17, 15) is 0 Å². The Morgan fingerprint density at radius 1 is 1.10 bits per heavy atom. The number of aliphatic imine (C=N–C) groups is 1. The van der Waals surface area contributed by atoms with Gasteiger partial charge >= 0.3 is 0 Å². The Labute approximate surface area is 182 Å². The number of fused-ring (bicyclic) bond motifs is 3. The fourth-order valence-corrected chi connectivity index (χ4v) is 4.68. The summed E-state index contributed by atoms with van der Waals surface area (Å²) >= 11 is 1.76. The quantitative estimate of drug-likeness (QED) is 0.522. The molecule has 0 atom stereocenters. The van der Waals surface area contributed by atoms with Crippen molar-refractivity contribution in [1.82, 2.24) is 19.7 Å². The zero-order valence-corrected chi connectivity index (χ0v) is 18.4. The Morgan fingerprint density at radius 3 is 2.67 bits per heavy atom. The van der Waals surface area contributed by atoms with E-state index in [1.54, 1.807) is 11.8 Å². The molecule has 0 radical (unpaired) electrons. The van der Waals surface area contributed by atoms with Crippen molar-refractivity contribution in [3.63, 3.8) is 0 Å². The lowest BCUT2D eigenvalue weighted by Crippen LogP contribution is -2.28. The number of nitrogens with zero attached hydrogens (tertiary/aromatic N) is 5. The molecule has 0 unspecified atom stereocenters. The first-order valence-corrected chi connectivity index (χ1v) is 12.0. The van der Waals surface area contributed by atoms with Gasteiger partial charge in [-0.2, -0.15) is 0 Å². The van der Waals surface area contributed by atoms with Gasteiger partial charge in [-0.15, -0.1) is 22.0 Å². The van der Waals surface area contributed by atoms with Crippen LogP contribution in [0.1, 0.15) is 49.0 Å². The average Bonchev–Trinajstić information content (AvgIpc) is 3.58. The smallest absolute Gasteiger partial charge is 0.159 e. The monoisotopic (exact) mass is 417 g/mol. The molecule has 1 aliphatic heterocycles. The summed E-state index contributed by atoms with van der Waals surface area (Å²) in [6.45, 7) is 4.74. The Morgan fingerprint density at radius 2 is 1.93 bits per heavy atom. The maximum atomic E-state index is 5.00. The Balaban J connectivity index is 1.61. The maximum absolute atomic E-state index is 5.00. The molecule has 30 heavy (non-hydrogen) atoms. The van der Waals surface area contributed by atoms with E-state index in [-0.39, 0.29) is 0 Å². The Bertz CT molecular complexity index is 1070. The standard InChI is InChI=1S/C24H27N5S/c1-3-13-28(18-9-10-18)16-23-27-26-22-15-25-24(17-7-5-4-6-8-17)20-14-19(30-2)11-12-21(20)29(22)23/h4-8,11-12,14,18H,3,9-10,13,15-16H2,1-2H3. The molecule has 2 aliphatic rings. The van der Waals surface area contributed by atoms with Crippen molar-refractivity contribution in [3.05, 3.63) is 71.3 Å². The molecule has 3 aromatic rings. The SMILES string of the molecule is CCCN(Cc1nnc2n1-c1ccc(SC)cc1C(c1ccccc1)=NC2)C1CC1. The number of benzene rings is 2. The predicted octanol–water partition coefficient (Wildman–Crippen LogP) is 4.71. The van der Waals surface area contributed by atoms with Crippen LogP contribution in [0, 0.1) is 0 Å². The number of hydrogen-bond donors (Lipinski definition) is 0. The van der Waals surface area contributed by atoms with Gasteiger partial charge in [-0.1, -0.05) is 37.3 Å². The normalized spacial score (nSPS) is 15.5. The highest BCUT2D eigenvalue weighted by Crippen LogP contribution is 2.32. The summed E-state index contributed by atoms with van der Waals surface area (Å²) in [5, 5.41) is 9.16. The third-order valence-electron chi connectivity index (χ3n) is 5.84. The average molecular weight is 418 g/mol. The topological polar surface area (TPSA) is 46.3 Å². The molecule has 5 nitrogen and oxygen atoms in total. The summed E-state index contributed by atoms with van der Waals surface area (Å²) in [6.07, 6.45) is 5.88. The molecule has 6 heteroatoms. The number of aromatic nitrogens is 3. The minimum Gasteiger partial charge on any atom is -0.293 e. The second kappa shape index (κ2) is 8.36. The molecule has 0 N–H and O–H groups in total. The zero-order valence-electron chi connectivity index (χ0n) is 17.6. The van der Waals surface area contributed by atoms with Gasteiger partial charge in [-0.3, -0.25) is 14.5 Å². The van der Waals surface area contributed by atoms with Crippen molar-refractivity contribution >= 4 is 17.5 Å². The van der Waals surface area contributed by atoms with Crippen LogP contribution in [0.3, 0.4) is 0 Å². The first kappa shape index (κ1) is 19.5. The van der Waals surface area contributed by atoms with Gasteiger partial charge in [0.1, 0.15) is 6.54 Å². The number of hydrogen-bond acceptors (Lipinski definition) is 5. The summed E-state index contributed by atoms with van der Waals surface area (Å²) < 4.78 is 2.25. The minimum absolute atomic E-state index is 0.539. The van der Waals surface area contributed by atoms with Crippen LogP contribution in [-0.4, -0.2) is 44.2 Å². The molecule has 154 valence electrons. The van der Waals surface area contributed by atoms with E-state index in [1.807, 2.05) is 6.07 Å². The molecule has 0 spiro atoms. The summed E-state index contributed by atoms with van der Waals surface area (Å²) in [4.78, 5) is 8.80. The van der Waals surface area contributed by atoms with Crippen LogP contribution in [-0.2, 0) is 13.1 Å². The van der Waals surface area contributed by atoms with Crippen LogP contribution in [0.5, 0.6) is 0 Å². The number of rotatable bonds is 7. The molecule has 2 aromatic carbocycles. The summed E-state index contributed by atoms with van der Waals surface area (Å²) in [5.41, 5.74) is 4.46. The highest BCUT2D eigenvalue weighted by Gasteiger charge is 2.31. The summed E-state index contributed by atoms with van der Waals surface area (Å²) in [6, 6.07) is 17.8. The van der Waals surface area contributed by atoms with Crippen LogP contribution < -0.4 is 0 Å². The van der Waals surface area contributed by atoms with E-state index in [0.29, 0.717) is 12.6 Å². The van der Waals surface area contributed by atoms with E-state index in [0.717, 1.165) is 53.7 Å². The van der Waals surface area contributed by atoms with Gasteiger partial charge in [0.2, 0.25) is 0 Å². The molecule has 0 bridgehead atoms.